The zero-order chi connectivity index (χ0) is 23.5. The predicted molar refractivity (Wildman–Crippen MR) is 147 cm³/mol. The van der Waals surface area contributed by atoms with Gasteiger partial charge in [-0.15, -0.1) is 0 Å². The van der Waals surface area contributed by atoms with Crippen LogP contribution in [0.5, 0.6) is 11.5 Å². The fraction of sp³-hybridized carbons (Fsp3) is 0.562. The summed E-state index contributed by atoms with van der Waals surface area (Å²) in [6, 6.07) is 23.5. The van der Waals surface area contributed by atoms with Crippen LogP contribution in [0.15, 0.2) is 66.7 Å². The lowest BCUT2D eigenvalue weighted by atomic mass is 9.97. The highest BCUT2D eigenvalue weighted by Crippen LogP contribution is 2.70. The lowest BCUT2D eigenvalue weighted by Gasteiger charge is -2.50. The van der Waals surface area contributed by atoms with Gasteiger partial charge in [-0.25, -0.2) is 0 Å². The van der Waals surface area contributed by atoms with Gasteiger partial charge in [-0.2, -0.15) is 0 Å². The Labute approximate surface area is 213 Å². The molecule has 0 aromatic heterocycles. The van der Waals surface area contributed by atoms with Crippen molar-refractivity contribution in [3.8, 4) is 11.5 Å². The quantitative estimate of drug-likeness (QED) is 0.341. The number of rotatable bonds is 0. The van der Waals surface area contributed by atoms with Crippen LogP contribution in [0.2, 0.25) is 0 Å². The topological polar surface area (TPSA) is 18.5 Å². The smallest absolute Gasteiger partial charge is 0.131 e. The van der Waals surface area contributed by atoms with Crippen molar-refractivity contribution in [3.63, 3.8) is 0 Å². The molecule has 35 heavy (non-hydrogen) atoms. The Hall–Kier alpha value is -1.79. The monoisotopic (exact) mass is 488 g/mol. The van der Waals surface area contributed by atoms with Gasteiger partial charge in [0.05, 0.1) is 5.30 Å². The van der Waals surface area contributed by atoms with Crippen LogP contribution in [-0.4, -0.2) is 23.0 Å². The van der Waals surface area contributed by atoms with E-state index < -0.39 is 0 Å². The second kappa shape index (κ2) is 10.7. The van der Waals surface area contributed by atoms with Gasteiger partial charge in [0.15, 0.2) is 0 Å². The van der Waals surface area contributed by atoms with Crippen molar-refractivity contribution in [2.45, 2.75) is 106 Å². The largest absolute Gasteiger partial charge is 0.489 e. The number of hydrogen-bond acceptors (Lipinski definition) is 2. The molecular weight excluding hydrogens is 447 g/mol. The first-order valence-electron chi connectivity index (χ1n) is 14.3. The predicted octanol–water partition coefficient (Wildman–Crippen LogP) is 8.40. The Morgan fingerprint density at radius 1 is 0.629 bits per heavy atom. The van der Waals surface area contributed by atoms with E-state index in [0.717, 1.165) is 17.4 Å². The fourth-order valence-corrected chi connectivity index (χ4v) is 11.4. The summed E-state index contributed by atoms with van der Waals surface area (Å²) in [7, 11) is -0.327. The Morgan fingerprint density at radius 2 is 1.23 bits per heavy atom. The molecule has 2 heterocycles. The molecule has 1 spiro atoms. The summed E-state index contributed by atoms with van der Waals surface area (Å²) in [5.74, 6) is 2.99. The van der Waals surface area contributed by atoms with E-state index in [0.29, 0.717) is 17.4 Å². The molecule has 2 aliphatic heterocycles. The van der Waals surface area contributed by atoms with Gasteiger partial charge in [0, 0.05) is 17.2 Å². The van der Waals surface area contributed by atoms with Crippen LogP contribution in [0.25, 0.3) is 0 Å². The van der Waals surface area contributed by atoms with E-state index in [9.17, 15) is 0 Å². The fourth-order valence-electron chi connectivity index (χ4n) is 7.23. The third-order valence-electron chi connectivity index (χ3n) is 8.99. The zero-order valence-corrected chi connectivity index (χ0v) is 22.0. The highest BCUT2D eigenvalue weighted by molar-refractivity contribution is 7.67. The van der Waals surface area contributed by atoms with Crippen LogP contribution in [0.4, 0.5) is 0 Å². The molecule has 3 saturated carbocycles. The Kier molecular flexibility index (Phi) is 7.20. The molecule has 3 heteroatoms. The number of hydrogen-bond donors (Lipinski definition) is 0. The molecule has 3 fully saturated rings. The van der Waals surface area contributed by atoms with Gasteiger partial charge < -0.3 is 9.47 Å². The van der Waals surface area contributed by atoms with E-state index >= 15 is 0 Å². The SMILES string of the molecule is c1cccccc2c3c(ccccc1)OC14CC1CCCCCC4P3C1CCCCCCCC1O2. The summed E-state index contributed by atoms with van der Waals surface area (Å²) >= 11 is 0. The summed E-state index contributed by atoms with van der Waals surface area (Å²) in [5.41, 5.74) is 1.50. The summed E-state index contributed by atoms with van der Waals surface area (Å²) in [5, 5.41) is 1.44. The first kappa shape index (κ1) is 23.6. The minimum absolute atomic E-state index is 0.106. The molecule has 0 saturated heterocycles. The van der Waals surface area contributed by atoms with Gasteiger partial charge in [0.25, 0.3) is 0 Å². The van der Waals surface area contributed by atoms with E-state index in [1.807, 2.05) is 0 Å². The molecule has 1 aromatic rings. The molecule has 1 aromatic carbocycles. The molecule has 0 N–H and O–H groups in total. The molecule has 5 aliphatic rings. The Balaban J connectivity index is 1.55. The maximum Gasteiger partial charge on any atom is 0.131 e. The van der Waals surface area contributed by atoms with Crippen LogP contribution in [0.3, 0.4) is 0 Å². The molecular formula is C32H41O2P. The van der Waals surface area contributed by atoms with Gasteiger partial charge in [-0.05, 0) is 50.7 Å². The van der Waals surface area contributed by atoms with E-state index in [2.05, 4.69) is 66.7 Å². The highest BCUT2D eigenvalue weighted by Gasteiger charge is 2.67. The van der Waals surface area contributed by atoms with Crippen molar-refractivity contribution in [1.82, 2.24) is 0 Å². The molecule has 6 atom stereocenters. The van der Waals surface area contributed by atoms with Gasteiger partial charge in [0.1, 0.15) is 23.2 Å². The average Bonchev–Trinajstić information content (AvgIpc) is 3.48. The van der Waals surface area contributed by atoms with E-state index in [1.54, 1.807) is 0 Å². The van der Waals surface area contributed by atoms with Crippen molar-refractivity contribution >= 4 is 13.2 Å². The molecule has 3 aliphatic carbocycles. The first-order valence-corrected chi connectivity index (χ1v) is 15.8. The summed E-state index contributed by atoms with van der Waals surface area (Å²) in [6.45, 7) is 0. The van der Waals surface area contributed by atoms with Crippen molar-refractivity contribution < 1.29 is 9.47 Å². The van der Waals surface area contributed by atoms with Gasteiger partial charge >= 0.3 is 0 Å². The number of ether oxygens (including phenoxy) is 2. The van der Waals surface area contributed by atoms with E-state index in [4.69, 9.17) is 9.47 Å². The second-order valence-electron chi connectivity index (χ2n) is 11.2. The van der Waals surface area contributed by atoms with Gasteiger partial charge in [-0.3, -0.25) is 0 Å². The summed E-state index contributed by atoms with van der Waals surface area (Å²) < 4.78 is 14.1. The Bertz CT molecular complexity index is 1020. The highest BCUT2D eigenvalue weighted by atomic mass is 31.1. The number of fused-ring (bicyclic) bond motifs is 3. The van der Waals surface area contributed by atoms with E-state index in [1.165, 1.54) is 88.8 Å². The minimum atomic E-state index is -0.327. The average molecular weight is 489 g/mol. The molecule has 6 rings (SSSR count). The van der Waals surface area contributed by atoms with Crippen LogP contribution in [-0.2, 0) is 0 Å². The Morgan fingerprint density at radius 3 is 2.03 bits per heavy atom. The maximum atomic E-state index is 7.15. The minimum Gasteiger partial charge on any atom is -0.489 e. The van der Waals surface area contributed by atoms with Crippen LogP contribution >= 0.6 is 7.92 Å². The van der Waals surface area contributed by atoms with Gasteiger partial charge in [0.2, 0.25) is 0 Å². The van der Waals surface area contributed by atoms with Gasteiger partial charge in [-0.1, -0.05) is 107 Å². The van der Waals surface area contributed by atoms with Crippen LogP contribution < -0.4 is 14.8 Å². The molecule has 6 unspecified atom stereocenters. The summed E-state index contributed by atoms with van der Waals surface area (Å²) in [6.07, 6.45) is 17.9. The van der Waals surface area contributed by atoms with Crippen molar-refractivity contribution in [1.29, 1.82) is 0 Å². The summed E-state index contributed by atoms with van der Waals surface area (Å²) in [4.78, 5) is 0. The third-order valence-corrected chi connectivity index (χ3v) is 12.6. The standard InChI is InChI=1S/C32H41O2P/c1-2-4-7-14-20-27-31-28(21-15-8-5-3-1)34-32-24-25(32)18-12-11-17-23-30(32)35(31)29-22-16-10-6-9-13-19-26(29)33-27/h1-5,7-8,14-15,20-21,25-26,29-30H,6,9-13,16-19,22-24H2. The van der Waals surface area contributed by atoms with Crippen LogP contribution in [0, 0.1) is 5.92 Å². The molecule has 0 bridgehead atoms. The normalized spacial score (nSPS) is 34.8. The lowest BCUT2D eigenvalue weighted by molar-refractivity contribution is 0.129. The molecule has 0 radical (unpaired) electrons. The molecule has 186 valence electrons. The molecule has 0 amide bonds. The third kappa shape index (κ3) is 4.81. The zero-order valence-electron chi connectivity index (χ0n) is 21.1. The van der Waals surface area contributed by atoms with Crippen molar-refractivity contribution in [2.75, 3.05) is 0 Å². The molecule has 2 nitrogen and oxygen atoms in total. The van der Waals surface area contributed by atoms with Crippen LogP contribution in [0.1, 0.15) is 83.5 Å². The second-order valence-corrected chi connectivity index (χ2v) is 13.8. The van der Waals surface area contributed by atoms with E-state index in [-0.39, 0.29) is 13.5 Å². The van der Waals surface area contributed by atoms with Crippen molar-refractivity contribution in [3.05, 3.63) is 66.7 Å². The van der Waals surface area contributed by atoms with Crippen molar-refractivity contribution in [2.24, 2.45) is 5.92 Å². The maximum absolute atomic E-state index is 7.15. The first-order chi connectivity index (χ1) is 17.4. The lowest BCUT2D eigenvalue weighted by Crippen LogP contribution is -2.50.